The monoisotopic (exact) mass is 918 g/mol. The van der Waals surface area contributed by atoms with Crippen LogP contribution in [0, 0.1) is 35.5 Å². The van der Waals surface area contributed by atoms with Gasteiger partial charge in [-0.2, -0.15) is 0 Å². The maximum atomic E-state index is 5.89. The summed E-state index contributed by atoms with van der Waals surface area (Å²) in [7, 11) is 0. The van der Waals surface area contributed by atoms with Crippen LogP contribution in [0.1, 0.15) is 138 Å². The highest BCUT2D eigenvalue weighted by Crippen LogP contribution is 2.62. The zero-order valence-electron chi connectivity index (χ0n) is 39.1. The Balaban J connectivity index is 0.000000113. The first-order chi connectivity index (χ1) is 31.3. The van der Waals surface area contributed by atoms with Crippen LogP contribution in [-0.4, -0.2) is 0 Å². The fourth-order valence-corrected chi connectivity index (χ4v) is 16.6. The van der Waals surface area contributed by atoms with Crippen molar-refractivity contribution in [3.05, 3.63) is 171 Å². The van der Waals surface area contributed by atoms with Crippen molar-refractivity contribution in [3.8, 4) is 22.3 Å². The molecule has 0 aromatic heterocycles. The minimum absolute atomic E-state index is 0.0476. The molecule has 3 N–H and O–H groups in total. The molecule has 0 saturated heterocycles. The van der Waals surface area contributed by atoms with E-state index < -0.39 is 0 Å². The fraction of sp³-hybridized carbons (Fsp3) is 0.419. The molecule has 2 nitrogen and oxygen atoms in total. The maximum absolute atomic E-state index is 5.89. The predicted molar refractivity (Wildman–Crippen MR) is 276 cm³/mol. The van der Waals surface area contributed by atoms with Crippen LogP contribution in [-0.2, 0) is 21.7 Å². The molecule has 0 heterocycles. The third-order valence-electron chi connectivity index (χ3n) is 18.5. The van der Waals surface area contributed by atoms with Gasteiger partial charge in [0.15, 0.2) is 0 Å². The second-order valence-electron chi connectivity index (χ2n) is 23.5. The van der Waals surface area contributed by atoms with Gasteiger partial charge in [0, 0.05) is 32.4 Å². The van der Waals surface area contributed by atoms with E-state index in [1.165, 1.54) is 137 Å². The summed E-state index contributed by atoms with van der Waals surface area (Å²) in [6, 6.07) is 49.3. The molecular formula is C62H67BrN2. The molecule has 8 saturated carbocycles. The van der Waals surface area contributed by atoms with Crippen LogP contribution in [0.2, 0.25) is 0 Å². The number of nitrogen functional groups attached to an aromatic ring is 1. The van der Waals surface area contributed by atoms with Gasteiger partial charge in [0.25, 0.3) is 0 Å². The largest absolute Gasteiger partial charge is 0.399 e. The minimum atomic E-state index is 0.0476. The molecule has 332 valence electrons. The van der Waals surface area contributed by atoms with E-state index in [0.29, 0.717) is 10.8 Å². The van der Waals surface area contributed by atoms with Crippen molar-refractivity contribution in [3.63, 3.8) is 0 Å². The van der Waals surface area contributed by atoms with E-state index in [4.69, 9.17) is 5.73 Å². The lowest BCUT2D eigenvalue weighted by Crippen LogP contribution is -2.48. The number of anilines is 3. The Morgan fingerprint density at radius 3 is 1.25 bits per heavy atom. The number of nitrogens with two attached hydrogens (primary N) is 1. The van der Waals surface area contributed by atoms with E-state index in [-0.39, 0.29) is 10.8 Å². The molecule has 6 aromatic carbocycles. The summed E-state index contributed by atoms with van der Waals surface area (Å²) < 4.78 is 1.21. The minimum Gasteiger partial charge on any atom is -0.399 e. The number of benzene rings is 6. The van der Waals surface area contributed by atoms with Gasteiger partial charge in [0.05, 0.1) is 0 Å². The highest BCUT2D eigenvalue weighted by Gasteiger charge is 2.53. The smallest absolute Gasteiger partial charge is 0.0387 e. The third kappa shape index (κ3) is 7.15. The van der Waals surface area contributed by atoms with Crippen molar-refractivity contribution in [2.24, 2.45) is 35.5 Å². The molecule has 0 atom stereocenters. The molecule has 65 heavy (non-hydrogen) atoms. The average Bonchev–Trinajstić information content (AvgIpc) is 3.65. The van der Waals surface area contributed by atoms with Gasteiger partial charge in [-0.1, -0.05) is 129 Å². The van der Waals surface area contributed by atoms with E-state index >= 15 is 0 Å². The lowest BCUT2D eigenvalue weighted by molar-refractivity contribution is -0.00530. The Morgan fingerprint density at radius 1 is 0.415 bits per heavy atom. The summed E-state index contributed by atoms with van der Waals surface area (Å²) >= 11 is 3.56. The van der Waals surface area contributed by atoms with E-state index in [1.54, 1.807) is 11.1 Å². The Bertz CT molecular complexity index is 2700. The molecule has 0 aliphatic heterocycles. The van der Waals surface area contributed by atoms with Gasteiger partial charge in [-0.05, 0) is 228 Å². The van der Waals surface area contributed by atoms with Crippen LogP contribution in [0.15, 0.2) is 138 Å². The fourth-order valence-electron chi connectivity index (χ4n) is 16.3. The lowest BCUT2D eigenvalue weighted by Gasteiger charge is -2.57. The Labute approximate surface area is 397 Å². The number of hydrogen-bond acceptors (Lipinski definition) is 2. The number of fused-ring (bicyclic) bond motifs is 6. The van der Waals surface area contributed by atoms with Crippen molar-refractivity contribution in [1.82, 2.24) is 0 Å². The van der Waals surface area contributed by atoms with Gasteiger partial charge < -0.3 is 11.1 Å². The summed E-state index contributed by atoms with van der Waals surface area (Å²) in [4.78, 5) is 0. The summed E-state index contributed by atoms with van der Waals surface area (Å²) in [5.41, 5.74) is 24.6. The summed E-state index contributed by atoms with van der Waals surface area (Å²) in [6.45, 7) is 9.22. The molecule has 3 heteroatoms. The molecule has 16 rings (SSSR count). The number of nitrogens with one attached hydrogen (secondary N) is 1. The van der Waals surface area contributed by atoms with Gasteiger partial charge in [0.1, 0.15) is 0 Å². The molecular weight excluding hydrogens is 853 g/mol. The normalized spacial score (nSPS) is 30.2. The highest BCUT2D eigenvalue weighted by atomic mass is 79.9. The number of hydrogen-bond donors (Lipinski definition) is 2. The predicted octanol–water partition coefficient (Wildman–Crippen LogP) is 16.7. The van der Waals surface area contributed by atoms with Crippen molar-refractivity contribution >= 4 is 33.0 Å². The lowest BCUT2D eigenvalue weighted by atomic mass is 9.48. The van der Waals surface area contributed by atoms with Crippen molar-refractivity contribution in [2.45, 2.75) is 126 Å². The summed E-state index contributed by atoms with van der Waals surface area (Å²) in [6.07, 6.45) is 17.9. The number of rotatable bonds is 4. The zero-order chi connectivity index (χ0) is 44.3. The van der Waals surface area contributed by atoms with Crippen LogP contribution in [0.3, 0.4) is 0 Å². The molecule has 0 radical (unpaired) electrons. The Hall–Kier alpha value is -4.60. The first-order valence-corrected chi connectivity index (χ1v) is 26.0. The quantitative estimate of drug-likeness (QED) is 0.173. The summed E-state index contributed by atoms with van der Waals surface area (Å²) in [5.74, 6) is 6.13. The standard InChI is InChI=1S/C31H33N.C16H19Br.C15H15N/c1-30(2)28-6-4-3-5-26(28)27-12-11-25(16-29(27)30)32-24-9-7-23(8-10-24)31-17-20-13-21(18-31)15-22(14-20)19-31;17-15-3-1-14(2-4-15)16-8-11-5-12(9-16)7-13(6-11)10-16;1-15(2)13-6-4-3-5-11(13)12-8-7-10(16)9-14(12)15/h3-12,16,20-22,32H,13-15,17-19H2,1-2H3;1-4,11-13H,5-10H2;3-9H,16H2,1-2H3. The Morgan fingerprint density at radius 2 is 0.785 bits per heavy atom. The first kappa shape index (κ1) is 41.8. The van der Waals surface area contributed by atoms with Crippen molar-refractivity contribution < 1.29 is 0 Å². The van der Waals surface area contributed by atoms with Crippen LogP contribution in [0.4, 0.5) is 17.1 Å². The zero-order valence-corrected chi connectivity index (χ0v) is 40.7. The maximum Gasteiger partial charge on any atom is 0.0387 e. The second kappa shape index (κ2) is 15.5. The van der Waals surface area contributed by atoms with Crippen LogP contribution in [0.5, 0.6) is 0 Å². The second-order valence-corrected chi connectivity index (χ2v) is 24.4. The molecule has 0 spiro atoms. The molecule has 10 aliphatic carbocycles. The van der Waals surface area contributed by atoms with E-state index in [2.05, 4.69) is 176 Å². The first-order valence-electron chi connectivity index (χ1n) is 25.2. The van der Waals surface area contributed by atoms with Gasteiger partial charge >= 0.3 is 0 Å². The van der Waals surface area contributed by atoms with Crippen molar-refractivity contribution in [1.29, 1.82) is 0 Å². The van der Waals surface area contributed by atoms with Gasteiger partial charge in [-0.15, -0.1) is 0 Å². The molecule has 10 aliphatic rings. The molecule has 0 unspecified atom stereocenters. The SMILES string of the molecule is Brc1ccc(C23CC4CC(CC(C4)C2)C3)cc1.CC1(C)c2ccccc2-c2ccc(N)cc21.CC1(C)c2ccccc2-c2ccc(Nc3ccc(C45CC6CC(CC(C6)C4)C5)cc3)cc21. The highest BCUT2D eigenvalue weighted by molar-refractivity contribution is 9.10. The van der Waals surface area contributed by atoms with Crippen molar-refractivity contribution in [2.75, 3.05) is 11.1 Å². The van der Waals surface area contributed by atoms with Gasteiger partial charge in [-0.25, -0.2) is 0 Å². The van der Waals surface area contributed by atoms with Crippen LogP contribution < -0.4 is 11.1 Å². The van der Waals surface area contributed by atoms with Gasteiger partial charge in [0.2, 0.25) is 0 Å². The van der Waals surface area contributed by atoms with E-state index in [0.717, 1.165) is 41.2 Å². The van der Waals surface area contributed by atoms with E-state index in [9.17, 15) is 0 Å². The third-order valence-corrected chi connectivity index (χ3v) is 19.0. The number of halogens is 1. The van der Waals surface area contributed by atoms with Crippen LogP contribution in [0.25, 0.3) is 22.3 Å². The summed E-state index contributed by atoms with van der Waals surface area (Å²) in [5, 5.41) is 3.70. The van der Waals surface area contributed by atoms with E-state index in [1.807, 2.05) is 6.07 Å². The molecule has 0 amide bonds. The van der Waals surface area contributed by atoms with Crippen LogP contribution >= 0.6 is 15.9 Å². The topological polar surface area (TPSA) is 38.0 Å². The Kier molecular flexibility index (Phi) is 9.96. The molecule has 8 bridgehead atoms. The average molecular weight is 920 g/mol. The molecule has 8 fully saturated rings. The van der Waals surface area contributed by atoms with Gasteiger partial charge in [-0.3, -0.25) is 0 Å². The molecule has 6 aromatic rings.